The van der Waals surface area contributed by atoms with Crippen LogP contribution in [0.25, 0.3) is 0 Å². The lowest BCUT2D eigenvalue weighted by Gasteiger charge is -2.08. The van der Waals surface area contributed by atoms with E-state index in [1.54, 1.807) is 7.11 Å². The van der Waals surface area contributed by atoms with Crippen LogP contribution in [0, 0.1) is 5.92 Å². The van der Waals surface area contributed by atoms with Crippen LogP contribution in [0.15, 0.2) is 24.3 Å². The SMILES string of the molecule is CCCC(=O)NCC1CC1c1ccccc1OC. The van der Waals surface area contributed by atoms with E-state index in [0.29, 0.717) is 18.3 Å². The van der Waals surface area contributed by atoms with Crippen LogP contribution in [0.3, 0.4) is 0 Å². The van der Waals surface area contributed by atoms with Crippen molar-refractivity contribution in [1.29, 1.82) is 0 Å². The first-order valence-corrected chi connectivity index (χ1v) is 6.65. The van der Waals surface area contributed by atoms with E-state index in [2.05, 4.69) is 11.4 Å². The van der Waals surface area contributed by atoms with Gasteiger partial charge in [0, 0.05) is 13.0 Å². The summed E-state index contributed by atoms with van der Waals surface area (Å²) < 4.78 is 5.37. The van der Waals surface area contributed by atoms with Gasteiger partial charge in [0.2, 0.25) is 5.91 Å². The van der Waals surface area contributed by atoms with Gasteiger partial charge in [-0.25, -0.2) is 0 Å². The van der Waals surface area contributed by atoms with E-state index in [-0.39, 0.29) is 5.91 Å². The minimum atomic E-state index is 0.170. The summed E-state index contributed by atoms with van der Waals surface area (Å²) in [4.78, 5) is 11.4. The van der Waals surface area contributed by atoms with Gasteiger partial charge in [0.1, 0.15) is 5.75 Å². The molecule has 1 aliphatic rings. The first kappa shape index (κ1) is 12.9. The molecule has 1 aromatic rings. The third-order valence-electron chi connectivity index (χ3n) is 3.50. The van der Waals surface area contributed by atoms with Gasteiger partial charge in [0.25, 0.3) is 0 Å². The molecule has 1 fully saturated rings. The molecule has 0 aliphatic heterocycles. The maximum atomic E-state index is 11.4. The zero-order valence-corrected chi connectivity index (χ0v) is 11.1. The molecule has 3 heteroatoms. The standard InChI is InChI=1S/C15H21NO2/c1-3-6-15(17)16-10-11-9-13(11)12-7-4-5-8-14(12)18-2/h4-5,7-8,11,13H,3,6,9-10H2,1-2H3,(H,16,17). The van der Waals surface area contributed by atoms with Gasteiger partial charge in [0.05, 0.1) is 7.11 Å². The molecule has 3 nitrogen and oxygen atoms in total. The molecule has 0 saturated heterocycles. The molecule has 0 heterocycles. The fourth-order valence-electron chi connectivity index (χ4n) is 2.39. The molecular formula is C15H21NO2. The second kappa shape index (κ2) is 5.89. The van der Waals surface area contributed by atoms with Gasteiger partial charge in [-0.05, 0) is 36.3 Å². The Morgan fingerprint density at radius 1 is 1.44 bits per heavy atom. The van der Waals surface area contributed by atoms with E-state index in [1.165, 1.54) is 5.56 Å². The van der Waals surface area contributed by atoms with Gasteiger partial charge in [-0.3, -0.25) is 4.79 Å². The van der Waals surface area contributed by atoms with E-state index in [0.717, 1.165) is 25.1 Å². The number of hydrogen-bond acceptors (Lipinski definition) is 2. The number of nitrogens with one attached hydrogen (secondary N) is 1. The highest BCUT2D eigenvalue weighted by molar-refractivity contribution is 5.75. The van der Waals surface area contributed by atoms with Crippen LogP contribution in [0.1, 0.15) is 37.7 Å². The average Bonchev–Trinajstić information content (AvgIpc) is 3.16. The Kier molecular flexibility index (Phi) is 4.24. The summed E-state index contributed by atoms with van der Waals surface area (Å²) in [7, 11) is 1.71. The molecule has 2 rings (SSSR count). The van der Waals surface area contributed by atoms with Crippen LogP contribution in [0.4, 0.5) is 0 Å². The quantitative estimate of drug-likeness (QED) is 0.839. The molecule has 1 saturated carbocycles. The lowest BCUT2D eigenvalue weighted by molar-refractivity contribution is -0.121. The molecule has 1 aliphatic carbocycles. The number of rotatable bonds is 6. The first-order chi connectivity index (χ1) is 8.76. The molecule has 98 valence electrons. The fraction of sp³-hybridized carbons (Fsp3) is 0.533. The molecule has 1 N–H and O–H groups in total. The summed E-state index contributed by atoms with van der Waals surface area (Å²) >= 11 is 0. The fourth-order valence-corrected chi connectivity index (χ4v) is 2.39. The highest BCUT2D eigenvalue weighted by atomic mass is 16.5. The lowest BCUT2D eigenvalue weighted by atomic mass is 10.1. The van der Waals surface area contributed by atoms with Gasteiger partial charge in [-0.2, -0.15) is 0 Å². The monoisotopic (exact) mass is 247 g/mol. The number of carbonyl (C=O) groups excluding carboxylic acids is 1. The number of carbonyl (C=O) groups is 1. The van der Waals surface area contributed by atoms with E-state index in [9.17, 15) is 4.79 Å². The van der Waals surface area contributed by atoms with Crippen LogP contribution < -0.4 is 10.1 Å². The van der Waals surface area contributed by atoms with Crippen molar-refractivity contribution in [2.75, 3.05) is 13.7 Å². The van der Waals surface area contributed by atoms with Crippen LogP contribution in [-0.2, 0) is 4.79 Å². The van der Waals surface area contributed by atoms with Crippen molar-refractivity contribution in [3.05, 3.63) is 29.8 Å². The van der Waals surface area contributed by atoms with Gasteiger partial charge < -0.3 is 10.1 Å². The van der Waals surface area contributed by atoms with E-state index < -0.39 is 0 Å². The Labute approximate surface area is 109 Å². The van der Waals surface area contributed by atoms with Crippen molar-refractivity contribution in [3.8, 4) is 5.75 Å². The largest absolute Gasteiger partial charge is 0.496 e. The highest BCUT2D eigenvalue weighted by Gasteiger charge is 2.39. The van der Waals surface area contributed by atoms with Crippen molar-refractivity contribution in [3.63, 3.8) is 0 Å². The second-order valence-corrected chi connectivity index (χ2v) is 4.90. The first-order valence-electron chi connectivity index (χ1n) is 6.65. The van der Waals surface area contributed by atoms with E-state index >= 15 is 0 Å². The highest BCUT2D eigenvalue weighted by Crippen LogP contribution is 2.49. The van der Waals surface area contributed by atoms with Gasteiger partial charge in [-0.1, -0.05) is 25.1 Å². The van der Waals surface area contributed by atoms with Crippen LogP contribution in [0.2, 0.25) is 0 Å². The lowest BCUT2D eigenvalue weighted by Crippen LogP contribution is -2.25. The van der Waals surface area contributed by atoms with E-state index in [1.807, 2.05) is 25.1 Å². The zero-order valence-electron chi connectivity index (χ0n) is 11.1. The predicted octanol–water partition coefficient (Wildman–Crippen LogP) is 2.72. The number of benzene rings is 1. The van der Waals surface area contributed by atoms with Crippen molar-refractivity contribution in [1.82, 2.24) is 5.32 Å². The average molecular weight is 247 g/mol. The third-order valence-corrected chi connectivity index (χ3v) is 3.50. The molecule has 2 atom stereocenters. The minimum absolute atomic E-state index is 0.170. The summed E-state index contributed by atoms with van der Waals surface area (Å²) in [5.74, 6) is 2.25. The minimum Gasteiger partial charge on any atom is -0.496 e. The molecule has 1 aromatic carbocycles. The van der Waals surface area contributed by atoms with Crippen LogP contribution in [-0.4, -0.2) is 19.6 Å². The Bertz CT molecular complexity index is 417. The molecule has 0 aromatic heterocycles. The van der Waals surface area contributed by atoms with Crippen molar-refractivity contribution in [2.45, 2.75) is 32.1 Å². The number of amides is 1. The molecule has 0 radical (unpaired) electrons. The zero-order chi connectivity index (χ0) is 13.0. The van der Waals surface area contributed by atoms with Gasteiger partial charge in [0.15, 0.2) is 0 Å². The normalized spacial score (nSPS) is 21.4. The van der Waals surface area contributed by atoms with Crippen molar-refractivity contribution < 1.29 is 9.53 Å². The summed E-state index contributed by atoms with van der Waals surface area (Å²) in [6, 6.07) is 8.16. The molecule has 2 unspecified atom stereocenters. The molecular weight excluding hydrogens is 226 g/mol. The number of hydrogen-bond donors (Lipinski definition) is 1. The van der Waals surface area contributed by atoms with E-state index in [4.69, 9.17) is 4.74 Å². The van der Waals surface area contributed by atoms with Crippen molar-refractivity contribution >= 4 is 5.91 Å². The van der Waals surface area contributed by atoms with Crippen LogP contribution >= 0.6 is 0 Å². The maximum absolute atomic E-state index is 11.4. The Balaban J connectivity index is 1.85. The number of para-hydroxylation sites is 1. The predicted molar refractivity (Wildman–Crippen MR) is 71.8 cm³/mol. The van der Waals surface area contributed by atoms with Crippen LogP contribution in [0.5, 0.6) is 5.75 Å². The molecule has 0 spiro atoms. The number of ether oxygens (including phenoxy) is 1. The third kappa shape index (κ3) is 3.03. The summed E-state index contributed by atoms with van der Waals surface area (Å²) in [5.41, 5.74) is 1.27. The summed E-state index contributed by atoms with van der Waals surface area (Å²) in [5, 5.41) is 3.00. The Hall–Kier alpha value is -1.51. The maximum Gasteiger partial charge on any atom is 0.219 e. The topological polar surface area (TPSA) is 38.3 Å². The summed E-state index contributed by atoms with van der Waals surface area (Å²) in [6.07, 6.45) is 2.69. The van der Waals surface area contributed by atoms with Gasteiger partial charge in [-0.15, -0.1) is 0 Å². The molecule has 0 bridgehead atoms. The second-order valence-electron chi connectivity index (χ2n) is 4.90. The molecule has 18 heavy (non-hydrogen) atoms. The summed E-state index contributed by atoms with van der Waals surface area (Å²) in [6.45, 7) is 2.82. The Morgan fingerprint density at radius 2 is 2.22 bits per heavy atom. The van der Waals surface area contributed by atoms with Crippen molar-refractivity contribution in [2.24, 2.45) is 5.92 Å². The molecule has 1 amide bonds. The Morgan fingerprint density at radius 3 is 2.94 bits per heavy atom. The smallest absolute Gasteiger partial charge is 0.219 e. The number of methoxy groups -OCH3 is 1. The van der Waals surface area contributed by atoms with Gasteiger partial charge >= 0.3 is 0 Å².